The van der Waals surface area contributed by atoms with Gasteiger partial charge in [-0.15, -0.1) is 0 Å². The molecule has 2 N–H and O–H groups in total. The van der Waals surface area contributed by atoms with Crippen LogP contribution in [0.2, 0.25) is 0 Å². The number of hydrogen-bond donors (Lipinski definition) is 2. The van der Waals surface area contributed by atoms with Crippen LogP contribution in [0.1, 0.15) is 36.5 Å². The first-order valence-corrected chi connectivity index (χ1v) is 8.14. The monoisotopic (exact) mass is 287 g/mol. The third-order valence-electron chi connectivity index (χ3n) is 4.71. The molecule has 0 saturated carbocycles. The molecule has 1 unspecified atom stereocenters. The van der Waals surface area contributed by atoms with Crippen LogP contribution in [0, 0.1) is 5.92 Å². The number of rotatable bonds is 5. The molecule has 1 aromatic rings. The zero-order valence-electron chi connectivity index (χ0n) is 12.8. The standard InChI is InChI=1S/C17H25N3O/c1-2-9-18-15-6-4-3-5-14(15)17(21)19-16-12-20-10-7-13(16)8-11-20/h3-6,13,16,18H,2,7-12H2,1H3,(H,19,21). The van der Waals surface area contributed by atoms with E-state index in [1.54, 1.807) is 0 Å². The Morgan fingerprint density at radius 3 is 2.71 bits per heavy atom. The summed E-state index contributed by atoms with van der Waals surface area (Å²) < 4.78 is 0. The molecule has 21 heavy (non-hydrogen) atoms. The van der Waals surface area contributed by atoms with E-state index in [1.807, 2.05) is 24.3 Å². The van der Waals surface area contributed by atoms with E-state index < -0.39 is 0 Å². The van der Waals surface area contributed by atoms with E-state index in [9.17, 15) is 4.79 Å². The molecule has 3 aliphatic heterocycles. The first-order valence-electron chi connectivity index (χ1n) is 8.14. The van der Waals surface area contributed by atoms with Crippen molar-refractivity contribution in [2.24, 2.45) is 5.92 Å². The van der Waals surface area contributed by atoms with Crippen LogP contribution in [-0.2, 0) is 0 Å². The summed E-state index contributed by atoms with van der Waals surface area (Å²) in [5.41, 5.74) is 1.71. The molecule has 0 aromatic heterocycles. The van der Waals surface area contributed by atoms with E-state index in [0.29, 0.717) is 12.0 Å². The predicted molar refractivity (Wildman–Crippen MR) is 85.6 cm³/mol. The number of nitrogens with zero attached hydrogens (tertiary/aromatic N) is 1. The molecule has 0 aliphatic carbocycles. The van der Waals surface area contributed by atoms with Crippen molar-refractivity contribution in [1.82, 2.24) is 10.2 Å². The molecule has 2 bridgehead atoms. The van der Waals surface area contributed by atoms with Crippen LogP contribution in [0.15, 0.2) is 24.3 Å². The van der Waals surface area contributed by atoms with E-state index in [4.69, 9.17) is 0 Å². The normalized spacial score (nSPS) is 27.4. The minimum atomic E-state index is 0.0629. The molecule has 114 valence electrons. The number of fused-ring (bicyclic) bond motifs is 3. The van der Waals surface area contributed by atoms with E-state index in [-0.39, 0.29) is 5.91 Å². The number of benzene rings is 1. The number of hydrogen-bond acceptors (Lipinski definition) is 3. The molecule has 1 aromatic carbocycles. The highest BCUT2D eigenvalue weighted by molar-refractivity contribution is 5.99. The molecule has 3 heterocycles. The fraction of sp³-hybridized carbons (Fsp3) is 0.588. The zero-order valence-corrected chi connectivity index (χ0v) is 12.8. The molecule has 4 nitrogen and oxygen atoms in total. The maximum Gasteiger partial charge on any atom is 0.253 e. The summed E-state index contributed by atoms with van der Waals surface area (Å²) >= 11 is 0. The molecule has 4 heteroatoms. The van der Waals surface area contributed by atoms with E-state index in [2.05, 4.69) is 22.5 Å². The summed E-state index contributed by atoms with van der Waals surface area (Å²) in [6.45, 7) is 6.44. The third-order valence-corrected chi connectivity index (χ3v) is 4.71. The Morgan fingerprint density at radius 2 is 2.05 bits per heavy atom. The maximum atomic E-state index is 12.6. The second kappa shape index (κ2) is 6.48. The molecule has 1 amide bonds. The Balaban J connectivity index is 1.68. The molecule has 0 spiro atoms. The smallest absolute Gasteiger partial charge is 0.253 e. The number of nitrogens with one attached hydrogen (secondary N) is 2. The topological polar surface area (TPSA) is 44.4 Å². The third kappa shape index (κ3) is 3.21. The summed E-state index contributed by atoms with van der Waals surface area (Å²) in [5.74, 6) is 0.725. The number of para-hydroxylation sites is 1. The second-order valence-corrected chi connectivity index (χ2v) is 6.19. The van der Waals surface area contributed by atoms with Crippen molar-refractivity contribution in [3.05, 3.63) is 29.8 Å². The lowest BCUT2D eigenvalue weighted by molar-refractivity contribution is 0.0621. The highest BCUT2D eigenvalue weighted by atomic mass is 16.1. The second-order valence-electron chi connectivity index (χ2n) is 6.19. The lowest BCUT2D eigenvalue weighted by Gasteiger charge is -2.45. The van der Waals surface area contributed by atoms with Gasteiger partial charge in [0.25, 0.3) is 5.91 Å². The molecular weight excluding hydrogens is 262 g/mol. The van der Waals surface area contributed by atoms with Crippen LogP contribution < -0.4 is 10.6 Å². The van der Waals surface area contributed by atoms with Crippen LogP contribution in [0.5, 0.6) is 0 Å². The molecule has 1 atom stereocenters. The van der Waals surface area contributed by atoms with Gasteiger partial charge in [0.15, 0.2) is 0 Å². The van der Waals surface area contributed by atoms with E-state index in [0.717, 1.165) is 30.8 Å². The van der Waals surface area contributed by atoms with Crippen molar-refractivity contribution in [2.45, 2.75) is 32.2 Å². The van der Waals surface area contributed by atoms with Gasteiger partial charge in [0.05, 0.1) is 5.56 Å². The minimum absolute atomic E-state index is 0.0629. The summed E-state index contributed by atoms with van der Waals surface area (Å²) in [4.78, 5) is 15.1. The SMILES string of the molecule is CCCNc1ccccc1C(=O)NC1CN2CCC1CC2. The summed E-state index contributed by atoms with van der Waals surface area (Å²) in [7, 11) is 0. The van der Waals surface area contributed by atoms with E-state index in [1.165, 1.54) is 25.9 Å². The summed E-state index contributed by atoms with van der Waals surface area (Å²) in [5, 5.41) is 6.61. The number of carbonyl (C=O) groups is 1. The van der Waals surface area contributed by atoms with Gasteiger partial charge in [-0.05, 0) is 50.4 Å². The molecule has 3 saturated heterocycles. The quantitative estimate of drug-likeness (QED) is 0.873. The fourth-order valence-corrected chi connectivity index (χ4v) is 3.47. The van der Waals surface area contributed by atoms with Crippen molar-refractivity contribution in [2.75, 3.05) is 31.5 Å². The number of carbonyl (C=O) groups excluding carboxylic acids is 1. The van der Waals surface area contributed by atoms with Gasteiger partial charge in [-0.1, -0.05) is 19.1 Å². The molecular formula is C17H25N3O. The Labute approximate surface area is 126 Å². The minimum Gasteiger partial charge on any atom is -0.384 e. The maximum absolute atomic E-state index is 12.6. The van der Waals surface area contributed by atoms with E-state index >= 15 is 0 Å². The highest BCUT2D eigenvalue weighted by Crippen LogP contribution is 2.28. The van der Waals surface area contributed by atoms with Crippen molar-refractivity contribution in [1.29, 1.82) is 0 Å². The fourth-order valence-electron chi connectivity index (χ4n) is 3.47. The van der Waals surface area contributed by atoms with Crippen molar-refractivity contribution < 1.29 is 4.79 Å². The van der Waals surface area contributed by atoms with Gasteiger partial charge in [-0.25, -0.2) is 0 Å². The number of amides is 1. The van der Waals surface area contributed by atoms with Crippen LogP contribution >= 0.6 is 0 Å². The van der Waals surface area contributed by atoms with Gasteiger partial charge < -0.3 is 15.5 Å². The van der Waals surface area contributed by atoms with Gasteiger partial charge >= 0.3 is 0 Å². The zero-order chi connectivity index (χ0) is 14.7. The Morgan fingerprint density at radius 1 is 1.29 bits per heavy atom. The summed E-state index contributed by atoms with van der Waals surface area (Å²) in [6.07, 6.45) is 3.50. The molecule has 3 aliphatic rings. The Hall–Kier alpha value is -1.55. The van der Waals surface area contributed by atoms with Crippen LogP contribution in [-0.4, -0.2) is 43.0 Å². The van der Waals surface area contributed by atoms with Crippen LogP contribution in [0.25, 0.3) is 0 Å². The predicted octanol–water partition coefficient (Wildman–Crippen LogP) is 2.33. The first-order chi connectivity index (χ1) is 10.3. The van der Waals surface area contributed by atoms with Gasteiger partial charge in [0, 0.05) is 24.8 Å². The average molecular weight is 287 g/mol. The number of anilines is 1. The Kier molecular flexibility index (Phi) is 4.44. The van der Waals surface area contributed by atoms with Gasteiger partial charge in [0.2, 0.25) is 0 Å². The lowest BCUT2D eigenvalue weighted by atomic mass is 9.84. The van der Waals surface area contributed by atoms with Gasteiger partial charge in [-0.3, -0.25) is 4.79 Å². The number of piperidine rings is 3. The summed E-state index contributed by atoms with van der Waals surface area (Å²) in [6, 6.07) is 8.13. The largest absolute Gasteiger partial charge is 0.384 e. The van der Waals surface area contributed by atoms with Crippen LogP contribution in [0.4, 0.5) is 5.69 Å². The molecule has 0 radical (unpaired) electrons. The van der Waals surface area contributed by atoms with Gasteiger partial charge in [0.1, 0.15) is 0 Å². The first kappa shape index (κ1) is 14.4. The molecule has 3 fully saturated rings. The molecule has 4 rings (SSSR count). The van der Waals surface area contributed by atoms with Crippen molar-refractivity contribution >= 4 is 11.6 Å². The highest BCUT2D eigenvalue weighted by Gasteiger charge is 2.35. The van der Waals surface area contributed by atoms with Crippen molar-refractivity contribution in [3.63, 3.8) is 0 Å². The Bertz CT molecular complexity index is 495. The van der Waals surface area contributed by atoms with Crippen LogP contribution in [0.3, 0.4) is 0 Å². The lowest BCUT2D eigenvalue weighted by Crippen LogP contribution is -2.57. The average Bonchev–Trinajstić information content (AvgIpc) is 2.54. The van der Waals surface area contributed by atoms with Crippen molar-refractivity contribution in [3.8, 4) is 0 Å². The van der Waals surface area contributed by atoms with Gasteiger partial charge in [-0.2, -0.15) is 0 Å².